The third-order valence-electron chi connectivity index (χ3n) is 7.66. The Morgan fingerprint density at radius 1 is 0.911 bits per heavy atom. The van der Waals surface area contributed by atoms with Crippen molar-refractivity contribution in [2.24, 2.45) is 4.99 Å². The second kappa shape index (κ2) is 11.4. The molecule has 0 aromatic heterocycles. The second-order valence-corrected chi connectivity index (χ2v) is 11.1. The summed E-state index contributed by atoms with van der Waals surface area (Å²) in [6.07, 6.45) is -8.35. The van der Waals surface area contributed by atoms with Crippen LogP contribution in [-0.4, -0.2) is 22.5 Å². The maximum atomic E-state index is 14.0. The van der Waals surface area contributed by atoms with Crippen LogP contribution in [-0.2, 0) is 12.4 Å². The molecule has 15 heteroatoms. The van der Waals surface area contributed by atoms with Gasteiger partial charge in [0.1, 0.15) is 11.4 Å². The van der Waals surface area contributed by atoms with E-state index in [0.29, 0.717) is 35.3 Å². The van der Waals surface area contributed by atoms with E-state index >= 15 is 0 Å². The molecular formula is C30H20F6N6OS2. The molecule has 1 aliphatic heterocycles. The van der Waals surface area contributed by atoms with Crippen LogP contribution in [0.1, 0.15) is 47.1 Å². The zero-order chi connectivity index (χ0) is 32.9. The van der Waals surface area contributed by atoms with Gasteiger partial charge < -0.3 is 4.90 Å². The summed E-state index contributed by atoms with van der Waals surface area (Å²) in [6.45, 7) is 1.87. The van der Waals surface area contributed by atoms with Crippen molar-refractivity contribution < 1.29 is 31.1 Å². The van der Waals surface area contributed by atoms with E-state index in [1.165, 1.54) is 23.1 Å². The molecule has 2 fully saturated rings. The number of halogens is 6. The molecule has 1 saturated heterocycles. The Labute approximate surface area is 264 Å². The van der Waals surface area contributed by atoms with Crippen molar-refractivity contribution in [3.05, 3.63) is 88.5 Å². The molecule has 45 heavy (non-hydrogen) atoms. The number of urea groups is 1. The summed E-state index contributed by atoms with van der Waals surface area (Å²) in [5.41, 5.74) is -3.83. The van der Waals surface area contributed by atoms with Crippen LogP contribution in [0.2, 0.25) is 0 Å². The van der Waals surface area contributed by atoms with Gasteiger partial charge in [-0.2, -0.15) is 41.9 Å². The molecule has 1 heterocycles. The average Bonchev–Trinajstić information content (AvgIpc) is 3.23. The van der Waals surface area contributed by atoms with Crippen LogP contribution >= 0.6 is 25.0 Å². The molecule has 230 valence electrons. The molecule has 2 amide bonds. The first-order chi connectivity index (χ1) is 21.1. The maximum absolute atomic E-state index is 14.0. The van der Waals surface area contributed by atoms with Gasteiger partial charge in [-0.1, -0.05) is 30.5 Å². The van der Waals surface area contributed by atoms with Crippen LogP contribution < -0.4 is 14.1 Å². The van der Waals surface area contributed by atoms with Crippen molar-refractivity contribution in [1.82, 2.24) is 0 Å². The number of hydrogen-bond acceptors (Lipinski definition) is 5. The Morgan fingerprint density at radius 2 is 1.44 bits per heavy atom. The average molecular weight is 659 g/mol. The lowest BCUT2D eigenvalue weighted by atomic mass is 9.74. The van der Waals surface area contributed by atoms with E-state index in [-0.39, 0.29) is 22.3 Å². The SMILES string of the molecule is Cc1ccc(N2C(=S)N(c3ccc(C#N)c(C(F)(F)F)c3)C(=NC(=O)N(S)c3ccc(C#N)c(C(F)(F)F)c3)C23CCC3)cc1. The van der Waals surface area contributed by atoms with Gasteiger partial charge >= 0.3 is 18.4 Å². The minimum Gasteiger partial charge on any atom is -0.305 e. The normalized spacial score (nSPS) is 16.8. The van der Waals surface area contributed by atoms with E-state index in [1.54, 1.807) is 17.0 Å². The standard InChI is InChI=1S/C30H20F6N6OS2/c1-17-3-7-20(8-4-17)41-27(44)40(21-9-5-18(15-37)23(13-21)29(31,32)33)25(28(41)11-2-12-28)39-26(43)42(45)22-10-6-19(16-38)24(14-22)30(34,35)36/h3-10,13-14,45H,2,11-12H2,1H3. The largest absolute Gasteiger partial charge is 0.417 e. The first-order valence-electron chi connectivity index (χ1n) is 13.2. The number of nitriles is 2. The molecule has 3 aromatic rings. The number of thiol groups is 1. The molecule has 5 rings (SSSR count). The zero-order valence-corrected chi connectivity index (χ0v) is 24.8. The number of amides is 2. The van der Waals surface area contributed by atoms with Gasteiger partial charge in [-0.15, -0.1) is 0 Å². The first-order valence-corrected chi connectivity index (χ1v) is 14.0. The van der Waals surface area contributed by atoms with Crippen LogP contribution in [0.25, 0.3) is 0 Å². The van der Waals surface area contributed by atoms with Crippen LogP contribution in [0.15, 0.2) is 65.7 Å². The third-order valence-corrected chi connectivity index (χ3v) is 8.42. The lowest BCUT2D eigenvalue weighted by molar-refractivity contribution is -0.138. The number of carbonyl (C=O) groups excluding carboxylic acids is 1. The van der Waals surface area contributed by atoms with Crippen molar-refractivity contribution in [2.45, 2.75) is 44.1 Å². The van der Waals surface area contributed by atoms with Crippen molar-refractivity contribution in [3.8, 4) is 12.1 Å². The fourth-order valence-electron chi connectivity index (χ4n) is 5.33. The molecule has 3 aromatic carbocycles. The van der Waals surface area contributed by atoms with E-state index in [0.717, 1.165) is 29.8 Å². The lowest BCUT2D eigenvalue weighted by Gasteiger charge is -2.44. The van der Waals surface area contributed by atoms with E-state index in [4.69, 9.17) is 17.5 Å². The molecule has 0 atom stereocenters. The zero-order valence-electron chi connectivity index (χ0n) is 23.1. The van der Waals surface area contributed by atoms with Gasteiger partial charge in [0, 0.05) is 5.69 Å². The smallest absolute Gasteiger partial charge is 0.305 e. The molecule has 1 spiro atoms. The third kappa shape index (κ3) is 5.58. The highest BCUT2D eigenvalue weighted by molar-refractivity contribution is 7.82. The van der Waals surface area contributed by atoms with Crippen molar-refractivity contribution in [1.29, 1.82) is 10.5 Å². The van der Waals surface area contributed by atoms with Crippen LogP contribution in [0.4, 0.5) is 48.2 Å². The number of benzene rings is 3. The van der Waals surface area contributed by atoms with Gasteiger partial charge in [-0.05, 0) is 86.9 Å². The Balaban J connectivity index is 1.67. The number of hydrogen-bond donors (Lipinski definition) is 1. The number of rotatable bonds is 3. The summed E-state index contributed by atoms with van der Waals surface area (Å²) in [5, 5.41) is 18.4. The van der Waals surface area contributed by atoms with Gasteiger partial charge in [0.05, 0.1) is 45.8 Å². The number of aliphatic imine (C=N–C) groups is 1. The minimum absolute atomic E-state index is 0.00591. The first kappa shape index (κ1) is 31.8. The van der Waals surface area contributed by atoms with Gasteiger partial charge in [-0.3, -0.25) is 4.90 Å². The maximum Gasteiger partial charge on any atom is 0.417 e. The monoisotopic (exact) mass is 658 g/mol. The Morgan fingerprint density at radius 3 is 1.96 bits per heavy atom. The van der Waals surface area contributed by atoms with Crippen LogP contribution in [0.3, 0.4) is 0 Å². The molecule has 2 aliphatic rings. The summed E-state index contributed by atoms with van der Waals surface area (Å²) in [4.78, 5) is 20.7. The van der Waals surface area contributed by atoms with E-state index in [2.05, 4.69) is 17.8 Å². The number of aryl methyl sites for hydroxylation is 1. The fraction of sp³-hybridized carbons (Fsp3) is 0.233. The summed E-state index contributed by atoms with van der Waals surface area (Å²) < 4.78 is 83.3. The van der Waals surface area contributed by atoms with Crippen LogP contribution in [0, 0.1) is 29.6 Å². The number of carbonyl (C=O) groups is 1. The Hall–Kier alpha value is -4.60. The summed E-state index contributed by atoms with van der Waals surface area (Å²) in [6, 6.07) is 14.5. The van der Waals surface area contributed by atoms with Crippen molar-refractivity contribution in [3.63, 3.8) is 0 Å². The number of anilines is 3. The number of alkyl halides is 6. The van der Waals surface area contributed by atoms with Gasteiger partial charge in [0.15, 0.2) is 5.11 Å². The predicted molar refractivity (Wildman–Crippen MR) is 162 cm³/mol. The Kier molecular flexibility index (Phi) is 8.06. The lowest BCUT2D eigenvalue weighted by Crippen LogP contribution is -2.55. The highest BCUT2D eigenvalue weighted by atomic mass is 32.1. The molecule has 0 radical (unpaired) electrons. The van der Waals surface area contributed by atoms with Gasteiger partial charge in [0.2, 0.25) is 0 Å². The molecule has 0 bridgehead atoms. The molecule has 1 saturated carbocycles. The quantitative estimate of drug-likeness (QED) is 0.174. The highest BCUT2D eigenvalue weighted by Crippen LogP contribution is 2.49. The van der Waals surface area contributed by atoms with Gasteiger partial charge in [-0.25, -0.2) is 9.10 Å². The van der Waals surface area contributed by atoms with E-state index in [9.17, 15) is 36.4 Å². The van der Waals surface area contributed by atoms with Crippen molar-refractivity contribution >= 4 is 59.1 Å². The number of thiocarbonyl (C=S) groups is 1. The van der Waals surface area contributed by atoms with E-state index < -0.39 is 46.2 Å². The summed E-state index contributed by atoms with van der Waals surface area (Å²) in [7, 11) is 0. The fourth-order valence-corrected chi connectivity index (χ4v) is 5.97. The molecule has 7 nitrogen and oxygen atoms in total. The van der Waals surface area contributed by atoms with Crippen molar-refractivity contribution in [2.75, 3.05) is 14.1 Å². The van der Waals surface area contributed by atoms with E-state index in [1.807, 2.05) is 19.1 Å². The number of nitrogens with zero attached hydrogens (tertiary/aromatic N) is 6. The Bertz CT molecular complexity index is 1820. The second-order valence-electron chi connectivity index (χ2n) is 10.4. The highest BCUT2D eigenvalue weighted by Gasteiger charge is 2.58. The molecule has 1 aliphatic carbocycles. The molecule has 0 unspecified atom stereocenters. The summed E-state index contributed by atoms with van der Waals surface area (Å²) >= 11 is 9.90. The number of amidine groups is 1. The molecular weight excluding hydrogens is 638 g/mol. The van der Waals surface area contributed by atoms with Crippen LogP contribution in [0.5, 0.6) is 0 Å². The minimum atomic E-state index is -4.91. The summed E-state index contributed by atoms with van der Waals surface area (Å²) in [5.74, 6) is -0.0501. The predicted octanol–water partition coefficient (Wildman–Crippen LogP) is 8.18. The molecule has 0 N–H and O–H groups in total. The topological polar surface area (TPSA) is 86.7 Å². The van der Waals surface area contributed by atoms with Gasteiger partial charge in [0.25, 0.3) is 0 Å².